The van der Waals surface area contributed by atoms with Crippen molar-refractivity contribution in [2.24, 2.45) is 0 Å². The van der Waals surface area contributed by atoms with Crippen molar-refractivity contribution in [3.8, 4) is 17.1 Å². The number of aryl methyl sites for hydroxylation is 1. The van der Waals surface area contributed by atoms with E-state index in [2.05, 4.69) is 23.0 Å². The molecule has 4 rings (SSSR count). The number of aromatic nitrogens is 3. The Morgan fingerprint density at radius 3 is 2.65 bits per heavy atom. The van der Waals surface area contributed by atoms with Crippen molar-refractivity contribution in [2.75, 3.05) is 31.2 Å². The maximum absolute atomic E-state index is 13.5. The average Bonchev–Trinajstić information content (AvgIpc) is 3.15. The molecule has 26 heavy (non-hydrogen) atoms. The number of halogens is 1. The minimum atomic E-state index is -0.268. The van der Waals surface area contributed by atoms with Gasteiger partial charge in [0.25, 0.3) is 0 Å². The number of hydrogen-bond donors (Lipinski definition) is 0. The van der Waals surface area contributed by atoms with E-state index in [1.165, 1.54) is 23.4 Å². The number of pyridine rings is 1. The number of hydrogen-bond acceptors (Lipinski definition) is 4. The van der Waals surface area contributed by atoms with E-state index in [-0.39, 0.29) is 5.82 Å². The molecule has 3 aromatic rings. The van der Waals surface area contributed by atoms with Gasteiger partial charge in [-0.3, -0.25) is 0 Å². The zero-order chi connectivity index (χ0) is 18.1. The summed E-state index contributed by atoms with van der Waals surface area (Å²) in [5.41, 5.74) is 4.79. The number of ether oxygens (including phenoxy) is 1. The van der Waals surface area contributed by atoms with E-state index in [1.807, 2.05) is 25.3 Å². The summed E-state index contributed by atoms with van der Waals surface area (Å²) in [7, 11) is 0. The third-order valence-corrected chi connectivity index (χ3v) is 4.77. The van der Waals surface area contributed by atoms with Crippen LogP contribution in [0.5, 0.6) is 0 Å². The summed E-state index contributed by atoms with van der Waals surface area (Å²) in [4.78, 5) is 7.02. The maximum atomic E-state index is 13.5. The molecule has 1 aliphatic heterocycles. The van der Waals surface area contributed by atoms with Crippen LogP contribution in [0.3, 0.4) is 0 Å². The van der Waals surface area contributed by atoms with Crippen LogP contribution in [-0.2, 0) is 4.74 Å². The van der Waals surface area contributed by atoms with Gasteiger partial charge in [-0.15, -0.1) is 0 Å². The van der Waals surface area contributed by atoms with E-state index >= 15 is 0 Å². The molecule has 1 saturated heterocycles. The van der Waals surface area contributed by atoms with Crippen LogP contribution in [0.1, 0.15) is 11.3 Å². The first-order chi connectivity index (χ1) is 12.6. The van der Waals surface area contributed by atoms with Gasteiger partial charge in [0.2, 0.25) is 0 Å². The highest BCUT2D eigenvalue weighted by atomic mass is 19.1. The number of benzene rings is 1. The largest absolute Gasteiger partial charge is 0.378 e. The standard InChI is InChI=1S/C20H21FN4O/c1-14-15(2)22-20(13-19(14)24-8-10-26-11-9-24)25-7-6-18(23-25)16-4-3-5-17(21)12-16/h3-7,12-13H,8-11H2,1-2H3. The second-order valence-corrected chi connectivity index (χ2v) is 6.47. The van der Waals surface area contributed by atoms with Gasteiger partial charge in [-0.05, 0) is 37.6 Å². The lowest BCUT2D eigenvalue weighted by Gasteiger charge is -2.30. The molecule has 1 aromatic carbocycles. The zero-order valence-corrected chi connectivity index (χ0v) is 14.9. The van der Waals surface area contributed by atoms with Crippen LogP contribution in [0.4, 0.5) is 10.1 Å². The van der Waals surface area contributed by atoms with Gasteiger partial charge >= 0.3 is 0 Å². The molecule has 0 spiro atoms. The summed E-state index contributed by atoms with van der Waals surface area (Å²) in [6.45, 7) is 7.33. The van der Waals surface area contributed by atoms with Crippen molar-refractivity contribution in [1.82, 2.24) is 14.8 Å². The predicted octanol–water partition coefficient (Wildman–Crippen LogP) is 3.53. The fourth-order valence-electron chi connectivity index (χ4n) is 3.21. The van der Waals surface area contributed by atoms with Crippen LogP contribution >= 0.6 is 0 Å². The Morgan fingerprint density at radius 2 is 1.88 bits per heavy atom. The fourth-order valence-corrected chi connectivity index (χ4v) is 3.21. The van der Waals surface area contributed by atoms with Gasteiger partial charge in [0.15, 0.2) is 5.82 Å². The Kier molecular flexibility index (Phi) is 4.42. The summed E-state index contributed by atoms with van der Waals surface area (Å²) < 4.78 is 20.7. The fraction of sp³-hybridized carbons (Fsp3) is 0.300. The Bertz CT molecular complexity index is 931. The lowest BCUT2D eigenvalue weighted by molar-refractivity contribution is 0.122. The van der Waals surface area contributed by atoms with Crippen molar-refractivity contribution < 1.29 is 9.13 Å². The molecule has 134 valence electrons. The molecule has 6 heteroatoms. The number of anilines is 1. The van der Waals surface area contributed by atoms with Crippen molar-refractivity contribution in [3.63, 3.8) is 0 Å². The summed E-state index contributed by atoms with van der Waals surface area (Å²) >= 11 is 0. The summed E-state index contributed by atoms with van der Waals surface area (Å²) in [5, 5.41) is 4.59. The van der Waals surface area contributed by atoms with Gasteiger partial charge in [-0.25, -0.2) is 14.1 Å². The molecular formula is C20H21FN4O. The van der Waals surface area contributed by atoms with E-state index in [0.717, 1.165) is 49.1 Å². The SMILES string of the molecule is Cc1nc(-n2ccc(-c3cccc(F)c3)n2)cc(N2CCOCC2)c1C. The van der Waals surface area contributed by atoms with Crippen LogP contribution in [0.25, 0.3) is 17.1 Å². The smallest absolute Gasteiger partial charge is 0.155 e. The molecule has 0 saturated carbocycles. The second kappa shape index (κ2) is 6.88. The Balaban J connectivity index is 1.71. The highest BCUT2D eigenvalue weighted by molar-refractivity contribution is 5.60. The molecule has 0 bridgehead atoms. The summed E-state index contributed by atoms with van der Waals surface area (Å²) in [6.07, 6.45) is 1.86. The first-order valence-corrected chi connectivity index (χ1v) is 8.75. The molecule has 2 aromatic heterocycles. The number of morpholine rings is 1. The summed E-state index contributed by atoms with van der Waals surface area (Å²) in [5.74, 6) is 0.494. The molecule has 1 fully saturated rings. The molecule has 3 heterocycles. The van der Waals surface area contributed by atoms with Gasteiger partial charge in [0, 0.05) is 42.3 Å². The maximum Gasteiger partial charge on any atom is 0.155 e. The van der Waals surface area contributed by atoms with Gasteiger partial charge in [-0.2, -0.15) is 5.10 Å². The third-order valence-electron chi connectivity index (χ3n) is 4.77. The monoisotopic (exact) mass is 352 g/mol. The summed E-state index contributed by atoms with van der Waals surface area (Å²) in [6, 6.07) is 10.4. The van der Waals surface area contributed by atoms with Crippen LogP contribution in [0.2, 0.25) is 0 Å². The molecule has 5 nitrogen and oxygen atoms in total. The molecule has 0 atom stereocenters. The first-order valence-electron chi connectivity index (χ1n) is 8.75. The third kappa shape index (κ3) is 3.20. The van der Waals surface area contributed by atoms with Crippen LogP contribution in [0, 0.1) is 19.7 Å². The van der Waals surface area contributed by atoms with Gasteiger partial charge in [-0.1, -0.05) is 12.1 Å². The molecule has 0 N–H and O–H groups in total. The van der Waals surface area contributed by atoms with Gasteiger partial charge < -0.3 is 9.64 Å². The lowest BCUT2D eigenvalue weighted by Crippen LogP contribution is -2.36. The van der Waals surface area contributed by atoms with E-state index in [9.17, 15) is 4.39 Å². The quantitative estimate of drug-likeness (QED) is 0.723. The number of rotatable bonds is 3. The Labute approximate surface area is 152 Å². The number of nitrogens with zero attached hydrogens (tertiary/aromatic N) is 4. The highest BCUT2D eigenvalue weighted by Gasteiger charge is 2.17. The zero-order valence-electron chi connectivity index (χ0n) is 14.9. The molecular weight excluding hydrogens is 331 g/mol. The second-order valence-electron chi connectivity index (χ2n) is 6.47. The van der Waals surface area contributed by atoms with E-state index in [0.29, 0.717) is 0 Å². The molecule has 0 aliphatic carbocycles. The molecule has 0 radical (unpaired) electrons. The van der Waals surface area contributed by atoms with Crippen LogP contribution in [-0.4, -0.2) is 41.1 Å². The topological polar surface area (TPSA) is 43.2 Å². The van der Waals surface area contributed by atoms with Crippen molar-refractivity contribution in [3.05, 3.63) is 59.7 Å². The van der Waals surface area contributed by atoms with E-state index < -0.39 is 0 Å². The highest BCUT2D eigenvalue weighted by Crippen LogP contribution is 2.26. The first kappa shape index (κ1) is 16.7. The molecule has 0 amide bonds. The van der Waals surface area contributed by atoms with Crippen LogP contribution < -0.4 is 4.90 Å². The van der Waals surface area contributed by atoms with E-state index in [4.69, 9.17) is 9.72 Å². The van der Waals surface area contributed by atoms with Gasteiger partial charge in [0.05, 0.1) is 18.9 Å². The van der Waals surface area contributed by atoms with Crippen molar-refractivity contribution in [1.29, 1.82) is 0 Å². The normalized spacial score (nSPS) is 14.7. The Hall–Kier alpha value is -2.73. The van der Waals surface area contributed by atoms with Crippen molar-refractivity contribution in [2.45, 2.75) is 13.8 Å². The molecule has 1 aliphatic rings. The lowest BCUT2D eigenvalue weighted by atomic mass is 10.1. The average molecular weight is 352 g/mol. The van der Waals surface area contributed by atoms with E-state index in [1.54, 1.807) is 10.7 Å². The minimum absolute atomic E-state index is 0.268. The molecule has 0 unspecified atom stereocenters. The predicted molar refractivity (Wildman–Crippen MR) is 99.3 cm³/mol. The van der Waals surface area contributed by atoms with Crippen molar-refractivity contribution >= 4 is 5.69 Å². The van der Waals surface area contributed by atoms with Gasteiger partial charge in [0.1, 0.15) is 5.82 Å². The van der Waals surface area contributed by atoms with Crippen LogP contribution in [0.15, 0.2) is 42.6 Å². The minimum Gasteiger partial charge on any atom is -0.378 e. The Morgan fingerprint density at radius 1 is 1.08 bits per heavy atom.